The quantitative estimate of drug-likeness (QED) is 0.813. The molecule has 1 aliphatic heterocycles. The van der Waals surface area contributed by atoms with Crippen LogP contribution in [0.15, 0.2) is 35.2 Å². The zero-order chi connectivity index (χ0) is 17.5. The van der Waals surface area contributed by atoms with Crippen molar-refractivity contribution in [2.75, 3.05) is 6.79 Å². The van der Waals surface area contributed by atoms with Crippen molar-refractivity contribution in [3.05, 3.63) is 51.0 Å². The van der Waals surface area contributed by atoms with Gasteiger partial charge in [-0.05, 0) is 36.8 Å². The molecule has 0 saturated heterocycles. The fraction of sp³-hybridized carbons (Fsp3) is 0.200. The van der Waals surface area contributed by atoms with Gasteiger partial charge in [-0.15, -0.1) is 0 Å². The molecular weight excluding hydrogens is 397 g/mol. The number of sulfonamides is 1. The Hall–Kier alpha value is -1.18. The lowest BCUT2D eigenvalue weighted by molar-refractivity contribution is 0.174. The summed E-state index contributed by atoms with van der Waals surface area (Å²) in [5.74, 6) is 1.19. The maximum absolute atomic E-state index is 12.6. The average Bonchev–Trinajstić information content (AvgIpc) is 2.92. The second-order valence-electron chi connectivity index (χ2n) is 5.15. The van der Waals surface area contributed by atoms with Gasteiger partial charge in [-0.1, -0.05) is 40.9 Å². The van der Waals surface area contributed by atoms with E-state index in [0.29, 0.717) is 17.1 Å². The third-order valence-corrected chi connectivity index (χ3v) is 6.14. The normalized spacial score (nSPS) is 14.7. The van der Waals surface area contributed by atoms with Crippen LogP contribution in [0.25, 0.3) is 0 Å². The van der Waals surface area contributed by atoms with Crippen LogP contribution in [-0.4, -0.2) is 15.2 Å². The van der Waals surface area contributed by atoms with E-state index in [0.717, 1.165) is 0 Å². The highest BCUT2D eigenvalue weighted by molar-refractivity contribution is 7.89. The fourth-order valence-electron chi connectivity index (χ4n) is 2.33. The number of halogens is 3. The Balaban J connectivity index is 1.89. The molecule has 0 bridgehead atoms. The number of hydrogen-bond donors (Lipinski definition) is 1. The SMILES string of the molecule is CC(NS(=O)(=O)c1c(Cl)cc(Cl)cc1Cl)c1ccc2c(c1)OCO2. The molecule has 2 aromatic rings. The van der Waals surface area contributed by atoms with Crippen molar-refractivity contribution in [3.63, 3.8) is 0 Å². The van der Waals surface area contributed by atoms with Crippen LogP contribution in [0.2, 0.25) is 15.1 Å². The number of fused-ring (bicyclic) bond motifs is 1. The average molecular weight is 409 g/mol. The molecule has 9 heteroatoms. The minimum absolute atomic E-state index is 0.0436. The molecule has 0 amide bonds. The lowest BCUT2D eigenvalue weighted by Crippen LogP contribution is -2.27. The number of ether oxygens (including phenoxy) is 2. The highest BCUT2D eigenvalue weighted by atomic mass is 35.5. The first kappa shape index (κ1) is 17.6. The van der Waals surface area contributed by atoms with E-state index in [9.17, 15) is 8.42 Å². The van der Waals surface area contributed by atoms with Gasteiger partial charge >= 0.3 is 0 Å². The zero-order valence-electron chi connectivity index (χ0n) is 12.3. The molecule has 5 nitrogen and oxygen atoms in total. The molecule has 24 heavy (non-hydrogen) atoms. The molecule has 3 rings (SSSR count). The van der Waals surface area contributed by atoms with Crippen molar-refractivity contribution >= 4 is 44.8 Å². The van der Waals surface area contributed by atoms with Crippen LogP contribution in [0.3, 0.4) is 0 Å². The fourth-order valence-corrected chi connectivity index (χ4v) is 5.10. The molecule has 0 radical (unpaired) electrons. The standard InChI is InChI=1S/C15H12Cl3NO4S/c1-8(9-2-3-13-14(4-9)23-7-22-13)19-24(20,21)15-11(17)5-10(16)6-12(15)18/h2-6,8,19H,7H2,1H3. The molecule has 0 saturated carbocycles. The van der Waals surface area contributed by atoms with Crippen molar-refractivity contribution in [1.29, 1.82) is 0 Å². The third kappa shape index (κ3) is 3.43. The highest BCUT2D eigenvalue weighted by Crippen LogP contribution is 2.36. The van der Waals surface area contributed by atoms with Gasteiger partial charge in [-0.3, -0.25) is 0 Å². The summed E-state index contributed by atoms with van der Waals surface area (Å²) in [5.41, 5.74) is 0.712. The summed E-state index contributed by atoms with van der Waals surface area (Å²) in [5, 5.41) is 0.170. The second kappa shape index (κ2) is 6.61. The molecule has 0 aromatic heterocycles. The van der Waals surface area contributed by atoms with E-state index in [1.807, 2.05) is 0 Å². The number of nitrogens with one attached hydrogen (secondary N) is 1. The van der Waals surface area contributed by atoms with Crippen molar-refractivity contribution in [2.45, 2.75) is 17.9 Å². The summed E-state index contributed by atoms with van der Waals surface area (Å²) in [4.78, 5) is -0.206. The van der Waals surface area contributed by atoms with Crippen LogP contribution in [-0.2, 0) is 10.0 Å². The Morgan fingerprint density at radius 3 is 2.33 bits per heavy atom. The van der Waals surface area contributed by atoms with Crippen molar-refractivity contribution in [1.82, 2.24) is 4.72 Å². The zero-order valence-corrected chi connectivity index (χ0v) is 15.4. The summed E-state index contributed by atoms with van der Waals surface area (Å²) in [6.07, 6.45) is 0. The Labute approximate surface area is 154 Å². The van der Waals surface area contributed by atoms with E-state index in [2.05, 4.69) is 4.72 Å². The van der Waals surface area contributed by atoms with Gasteiger partial charge in [0.15, 0.2) is 11.5 Å². The first-order valence-electron chi connectivity index (χ1n) is 6.84. The first-order valence-corrected chi connectivity index (χ1v) is 9.46. The molecule has 1 unspecified atom stereocenters. The van der Waals surface area contributed by atoms with Crippen LogP contribution in [0, 0.1) is 0 Å². The third-order valence-electron chi connectivity index (χ3n) is 3.46. The van der Waals surface area contributed by atoms with Gasteiger partial charge < -0.3 is 9.47 Å². The van der Waals surface area contributed by atoms with Crippen molar-refractivity contribution < 1.29 is 17.9 Å². The number of hydrogen-bond acceptors (Lipinski definition) is 4. The van der Waals surface area contributed by atoms with Crippen LogP contribution in [0.4, 0.5) is 0 Å². The molecular formula is C15H12Cl3NO4S. The Morgan fingerprint density at radius 1 is 1.04 bits per heavy atom. The van der Waals surface area contributed by atoms with Gasteiger partial charge in [0.05, 0.1) is 10.0 Å². The van der Waals surface area contributed by atoms with E-state index >= 15 is 0 Å². The van der Waals surface area contributed by atoms with E-state index < -0.39 is 16.1 Å². The van der Waals surface area contributed by atoms with Crippen LogP contribution >= 0.6 is 34.8 Å². The first-order chi connectivity index (χ1) is 11.3. The molecule has 0 fully saturated rings. The predicted molar refractivity (Wildman–Crippen MR) is 92.8 cm³/mol. The predicted octanol–water partition coefficient (Wildman–Crippen LogP) is 4.42. The summed E-state index contributed by atoms with van der Waals surface area (Å²) >= 11 is 17.8. The summed E-state index contributed by atoms with van der Waals surface area (Å²) < 4.78 is 38.3. The van der Waals surface area contributed by atoms with Gasteiger partial charge in [0.25, 0.3) is 0 Å². The van der Waals surface area contributed by atoms with Gasteiger partial charge in [-0.25, -0.2) is 13.1 Å². The molecule has 1 aliphatic rings. The summed E-state index contributed by atoms with van der Waals surface area (Å²) in [6, 6.07) is 7.33. The lowest BCUT2D eigenvalue weighted by atomic mass is 10.1. The molecule has 128 valence electrons. The smallest absolute Gasteiger partial charge is 0.244 e. The monoisotopic (exact) mass is 407 g/mol. The summed E-state index contributed by atoms with van der Waals surface area (Å²) in [7, 11) is -3.94. The number of benzene rings is 2. The highest BCUT2D eigenvalue weighted by Gasteiger charge is 2.25. The van der Waals surface area contributed by atoms with Crippen LogP contribution in [0.5, 0.6) is 11.5 Å². The molecule has 0 spiro atoms. The molecule has 0 aliphatic carbocycles. The Bertz CT molecular complexity index is 879. The van der Waals surface area contributed by atoms with Gasteiger partial charge in [0.1, 0.15) is 4.90 Å². The topological polar surface area (TPSA) is 64.6 Å². The van der Waals surface area contributed by atoms with Crippen LogP contribution in [0.1, 0.15) is 18.5 Å². The maximum Gasteiger partial charge on any atom is 0.244 e. The second-order valence-corrected chi connectivity index (χ2v) is 8.06. The maximum atomic E-state index is 12.6. The minimum atomic E-state index is -3.94. The molecule has 1 atom stereocenters. The van der Waals surface area contributed by atoms with E-state index in [4.69, 9.17) is 44.3 Å². The van der Waals surface area contributed by atoms with E-state index in [1.54, 1.807) is 25.1 Å². The molecule has 2 aromatic carbocycles. The van der Waals surface area contributed by atoms with E-state index in [-0.39, 0.29) is 26.8 Å². The van der Waals surface area contributed by atoms with Gasteiger partial charge in [-0.2, -0.15) is 0 Å². The Kier molecular flexibility index (Phi) is 4.86. The van der Waals surface area contributed by atoms with Crippen LogP contribution < -0.4 is 14.2 Å². The minimum Gasteiger partial charge on any atom is -0.454 e. The summed E-state index contributed by atoms with van der Waals surface area (Å²) in [6.45, 7) is 1.85. The largest absolute Gasteiger partial charge is 0.454 e. The molecule has 1 N–H and O–H groups in total. The lowest BCUT2D eigenvalue weighted by Gasteiger charge is -2.16. The van der Waals surface area contributed by atoms with Crippen molar-refractivity contribution in [2.24, 2.45) is 0 Å². The van der Waals surface area contributed by atoms with Crippen molar-refractivity contribution in [3.8, 4) is 11.5 Å². The van der Waals surface area contributed by atoms with E-state index in [1.165, 1.54) is 12.1 Å². The Morgan fingerprint density at radius 2 is 1.67 bits per heavy atom. The van der Waals surface area contributed by atoms with Gasteiger partial charge in [0, 0.05) is 11.1 Å². The van der Waals surface area contributed by atoms with Gasteiger partial charge in [0.2, 0.25) is 16.8 Å². The number of rotatable bonds is 4. The molecule has 1 heterocycles.